The highest BCUT2D eigenvalue weighted by molar-refractivity contribution is 5.45. The Morgan fingerprint density at radius 1 is 0.947 bits per heavy atom. The lowest BCUT2D eigenvalue weighted by Crippen LogP contribution is -1.96. The molecule has 0 aliphatic heterocycles. The first-order valence-corrected chi connectivity index (χ1v) is 6.59. The van der Waals surface area contributed by atoms with Gasteiger partial charge < -0.3 is 9.47 Å². The quantitative estimate of drug-likeness (QED) is 0.773. The molecule has 2 nitrogen and oxygen atoms in total. The van der Waals surface area contributed by atoms with Crippen LogP contribution in [-0.2, 0) is 6.42 Å². The van der Waals surface area contributed by atoms with Gasteiger partial charge in [-0.1, -0.05) is 38.1 Å². The van der Waals surface area contributed by atoms with Gasteiger partial charge in [-0.2, -0.15) is 0 Å². The summed E-state index contributed by atoms with van der Waals surface area (Å²) in [7, 11) is 1.67. The highest BCUT2D eigenvalue weighted by Gasteiger charge is 2.07. The van der Waals surface area contributed by atoms with E-state index in [-0.39, 0.29) is 0 Å². The molecule has 0 radical (unpaired) electrons. The summed E-state index contributed by atoms with van der Waals surface area (Å²) in [4.78, 5) is 0. The Hall–Kier alpha value is -1.96. The predicted molar refractivity (Wildman–Crippen MR) is 78.1 cm³/mol. The Morgan fingerprint density at radius 2 is 1.68 bits per heavy atom. The second-order valence-corrected chi connectivity index (χ2v) is 5.00. The van der Waals surface area contributed by atoms with Crippen LogP contribution in [0.15, 0.2) is 48.5 Å². The molecule has 2 aromatic rings. The lowest BCUT2D eigenvalue weighted by Gasteiger charge is -2.12. The van der Waals surface area contributed by atoms with Crippen LogP contribution in [0, 0.1) is 5.92 Å². The summed E-state index contributed by atoms with van der Waals surface area (Å²) in [5.74, 6) is 2.98. The fourth-order valence-corrected chi connectivity index (χ4v) is 2.01. The van der Waals surface area contributed by atoms with Crippen molar-refractivity contribution in [2.75, 3.05) is 7.11 Å². The summed E-state index contributed by atoms with van der Waals surface area (Å²) in [6.07, 6.45) is 1.04. The monoisotopic (exact) mass is 256 g/mol. The van der Waals surface area contributed by atoms with Crippen molar-refractivity contribution in [1.29, 1.82) is 0 Å². The zero-order valence-corrected chi connectivity index (χ0v) is 11.7. The molecule has 19 heavy (non-hydrogen) atoms. The molecule has 0 spiro atoms. The molecule has 0 atom stereocenters. The van der Waals surface area contributed by atoms with Crippen molar-refractivity contribution in [1.82, 2.24) is 0 Å². The summed E-state index contributed by atoms with van der Waals surface area (Å²) in [5, 5.41) is 0. The van der Waals surface area contributed by atoms with Crippen LogP contribution in [0.1, 0.15) is 19.4 Å². The summed E-state index contributed by atoms with van der Waals surface area (Å²) >= 11 is 0. The second-order valence-electron chi connectivity index (χ2n) is 5.00. The summed E-state index contributed by atoms with van der Waals surface area (Å²) in [6, 6.07) is 15.9. The maximum Gasteiger partial charge on any atom is 0.169 e. The number of hydrogen-bond donors (Lipinski definition) is 0. The van der Waals surface area contributed by atoms with Crippen LogP contribution in [0.5, 0.6) is 17.2 Å². The fourth-order valence-electron chi connectivity index (χ4n) is 2.01. The topological polar surface area (TPSA) is 18.5 Å². The van der Waals surface area contributed by atoms with Crippen LogP contribution in [-0.4, -0.2) is 7.11 Å². The number of hydrogen-bond acceptors (Lipinski definition) is 2. The third kappa shape index (κ3) is 3.75. The van der Waals surface area contributed by atoms with Crippen LogP contribution < -0.4 is 9.47 Å². The van der Waals surface area contributed by atoms with Gasteiger partial charge in [-0.05, 0) is 42.2 Å². The standard InChI is InChI=1S/C17H20O2/c1-13(2)11-14-9-10-16(17(12-14)18-3)19-15-7-5-4-6-8-15/h4-10,12-13H,11H2,1-3H3. The molecule has 0 fully saturated rings. The van der Waals surface area contributed by atoms with E-state index in [0.29, 0.717) is 5.92 Å². The molecule has 0 amide bonds. The Balaban J connectivity index is 2.21. The number of benzene rings is 2. The Labute approximate surface area is 115 Å². The van der Waals surface area contributed by atoms with Gasteiger partial charge in [0.25, 0.3) is 0 Å². The number of ether oxygens (including phenoxy) is 2. The maximum absolute atomic E-state index is 5.84. The third-order valence-corrected chi connectivity index (χ3v) is 2.84. The van der Waals surface area contributed by atoms with E-state index in [1.165, 1.54) is 5.56 Å². The molecular formula is C17H20O2. The molecule has 0 N–H and O–H groups in total. The smallest absolute Gasteiger partial charge is 0.169 e. The lowest BCUT2D eigenvalue weighted by atomic mass is 10.0. The van der Waals surface area contributed by atoms with Crippen molar-refractivity contribution < 1.29 is 9.47 Å². The normalized spacial score (nSPS) is 10.5. The third-order valence-electron chi connectivity index (χ3n) is 2.84. The average molecular weight is 256 g/mol. The highest BCUT2D eigenvalue weighted by Crippen LogP contribution is 2.32. The molecule has 0 saturated carbocycles. The Kier molecular flexibility index (Phi) is 4.45. The lowest BCUT2D eigenvalue weighted by molar-refractivity contribution is 0.378. The zero-order chi connectivity index (χ0) is 13.7. The molecule has 0 heterocycles. The van der Waals surface area contributed by atoms with Gasteiger partial charge in [0.2, 0.25) is 0 Å². The van der Waals surface area contributed by atoms with Gasteiger partial charge in [0.1, 0.15) is 5.75 Å². The fraction of sp³-hybridized carbons (Fsp3) is 0.294. The predicted octanol–water partition coefficient (Wildman–Crippen LogP) is 4.69. The minimum absolute atomic E-state index is 0.630. The van der Waals surface area contributed by atoms with E-state index in [9.17, 15) is 0 Å². The minimum atomic E-state index is 0.630. The molecule has 0 bridgehead atoms. The van der Waals surface area contributed by atoms with Gasteiger partial charge in [-0.3, -0.25) is 0 Å². The van der Waals surface area contributed by atoms with Crippen molar-refractivity contribution in [3.05, 3.63) is 54.1 Å². The van der Waals surface area contributed by atoms with Crippen molar-refractivity contribution in [2.24, 2.45) is 5.92 Å². The highest BCUT2D eigenvalue weighted by atomic mass is 16.5. The van der Waals surface area contributed by atoms with E-state index in [0.717, 1.165) is 23.7 Å². The van der Waals surface area contributed by atoms with Crippen LogP contribution in [0.2, 0.25) is 0 Å². The van der Waals surface area contributed by atoms with Gasteiger partial charge in [0, 0.05) is 0 Å². The molecule has 0 unspecified atom stereocenters. The summed E-state index contributed by atoms with van der Waals surface area (Å²) in [6.45, 7) is 4.42. The van der Waals surface area contributed by atoms with E-state index < -0.39 is 0 Å². The van der Waals surface area contributed by atoms with Crippen molar-refractivity contribution in [3.63, 3.8) is 0 Å². The van der Waals surface area contributed by atoms with Gasteiger partial charge in [-0.25, -0.2) is 0 Å². The van der Waals surface area contributed by atoms with Gasteiger partial charge >= 0.3 is 0 Å². The Bertz CT molecular complexity index is 518. The molecule has 0 aliphatic carbocycles. The second kappa shape index (κ2) is 6.28. The van der Waals surface area contributed by atoms with Gasteiger partial charge in [-0.15, -0.1) is 0 Å². The molecule has 0 saturated heterocycles. The van der Waals surface area contributed by atoms with E-state index in [1.807, 2.05) is 36.4 Å². The van der Waals surface area contributed by atoms with Crippen LogP contribution in [0.3, 0.4) is 0 Å². The SMILES string of the molecule is COc1cc(CC(C)C)ccc1Oc1ccccc1. The van der Waals surface area contributed by atoms with Gasteiger partial charge in [0.05, 0.1) is 7.11 Å². The van der Waals surface area contributed by atoms with Crippen LogP contribution in [0.25, 0.3) is 0 Å². The first-order chi connectivity index (χ1) is 9.19. The largest absolute Gasteiger partial charge is 0.493 e. The number of methoxy groups -OCH3 is 1. The zero-order valence-electron chi connectivity index (χ0n) is 11.7. The van der Waals surface area contributed by atoms with Gasteiger partial charge in [0.15, 0.2) is 11.5 Å². The molecule has 2 rings (SSSR count). The van der Waals surface area contributed by atoms with Crippen LogP contribution in [0.4, 0.5) is 0 Å². The van der Waals surface area contributed by atoms with Crippen LogP contribution >= 0.6 is 0 Å². The first-order valence-electron chi connectivity index (χ1n) is 6.59. The minimum Gasteiger partial charge on any atom is -0.493 e. The van der Waals surface area contributed by atoms with E-state index in [4.69, 9.17) is 9.47 Å². The van der Waals surface area contributed by atoms with Crippen molar-refractivity contribution >= 4 is 0 Å². The van der Waals surface area contributed by atoms with E-state index in [2.05, 4.69) is 26.0 Å². The van der Waals surface area contributed by atoms with E-state index >= 15 is 0 Å². The summed E-state index contributed by atoms with van der Waals surface area (Å²) in [5.41, 5.74) is 1.27. The molecule has 0 aliphatic rings. The van der Waals surface area contributed by atoms with Crippen molar-refractivity contribution in [2.45, 2.75) is 20.3 Å². The number of para-hydroxylation sites is 1. The number of rotatable bonds is 5. The molecule has 100 valence electrons. The maximum atomic E-state index is 5.84. The summed E-state index contributed by atoms with van der Waals surface area (Å²) < 4.78 is 11.3. The first kappa shape index (κ1) is 13.5. The average Bonchev–Trinajstić information content (AvgIpc) is 2.41. The molecule has 2 aromatic carbocycles. The molecule has 2 heteroatoms. The molecule has 0 aromatic heterocycles. The van der Waals surface area contributed by atoms with Crippen molar-refractivity contribution in [3.8, 4) is 17.2 Å². The Morgan fingerprint density at radius 3 is 2.32 bits per heavy atom. The van der Waals surface area contributed by atoms with E-state index in [1.54, 1.807) is 7.11 Å². The molecular weight excluding hydrogens is 236 g/mol.